The van der Waals surface area contributed by atoms with Crippen molar-refractivity contribution in [2.75, 3.05) is 5.32 Å². The van der Waals surface area contributed by atoms with Gasteiger partial charge in [-0.15, -0.1) is 0 Å². The van der Waals surface area contributed by atoms with Crippen molar-refractivity contribution in [2.24, 2.45) is 0 Å². The summed E-state index contributed by atoms with van der Waals surface area (Å²) in [5, 5.41) is 3.20. The molecule has 0 bridgehead atoms. The number of nitrogens with zero attached hydrogens (tertiary/aromatic N) is 2. The van der Waals surface area contributed by atoms with Crippen molar-refractivity contribution >= 4 is 22.6 Å². The number of para-hydroxylation sites is 3. The Morgan fingerprint density at radius 2 is 1.62 bits per heavy atom. The normalized spacial score (nSPS) is 12.1. The molecule has 0 radical (unpaired) electrons. The van der Waals surface area contributed by atoms with E-state index >= 15 is 0 Å². The van der Waals surface area contributed by atoms with E-state index < -0.39 is 0 Å². The minimum absolute atomic E-state index is 0.0457. The first-order valence-corrected chi connectivity index (χ1v) is 11.6. The van der Waals surface area contributed by atoms with E-state index in [4.69, 9.17) is 4.98 Å². The molecule has 0 aliphatic carbocycles. The summed E-state index contributed by atoms with van der Waals surface area (Å²) in [4.78, 5) is 18.0. The van der Waals surface area contributed by atoms with Gasteiger partial charge in [-0.2, -0.15) is 0 Å². The Labute approximate surface area is 190 Å². The molecule has 0 spiro atoms. The van der Waals surface area contributed by atoms with E-state index in [0.717, 1.165) is 60.4 Å². The van der Waals surface area contributed by atoms with Crippen LogP contribution in [0.5, 0.6) is 0 Å². The SMILES string of the molecule is CCCn1c(CCc2ccccc2NC(=O)[C@H](CC)c2ccccc2)nc2ccccc21. The molecule has 4 rings (SSSR count). The largest absolute Gasteiger partial charge is 0.328 e. The van der Waals surface area contributed by atoms with Gasteiger partial charge in [-0.05, 0) is 48.6 Å². The first-order valence-electron chi connectivity index (χ1n) is 11.6. The number of nitrogens with one attached hydrogen (secondary N) is 1. The third-order valence-electron chi connectivity index (χ3n) is 6.00. The molecule has 4 nitrogen and oxygen atoms in total. The molecule has 1 atom stereocenters. The van der Waals surface area contributed by atoms with Gasteiger partial charge in [0, 0.05) is 18.7 Å². The first kappa shape index (κ1) is 21.8. The summed E-state index contributed by atoms with van der Waals surface area (Å²) in [5.74, 6) is 0.993. The van der Waals surface area contributed by atoms with Gasteiger partial charge >= 0.3 is 0 Å². The van der Waals surface area contributed by atoms with E-state index in [9.17, 15) is 4.79 Å². The molecule has 32 heavy (non-hydrogen) atoms. The molecular weight excluding hydrogens is 394 g/mol. The van der Waals surface area contributed by atoms with Crippen LogP contribution in [0.15, 0.2) is 78.9 Å². The van der Waals surface area contributed by atoms with Crippen molar-refractivity contribution in [1.82, 2.24) is 9.55 Å². The number of aryl methyl sites for hydroxylation is 3. The smallest absolute Gasteiger partial charge is 0.231 e. The van der Waals surface area contributed by atoms with E-state index in [0.29, 0.717) is 0 Å². The summed E-state index contributed by atoms with van der Waals surface area (Å²) >= 11 is 0. The van der Waals surface area contributed by atoms with Gasteiger partial charge < -0.3 is 9.88 Å². The van der Waals surface area contributed by atoms with Crippen LogP contribution in [0.4, 0.5) is 5.69 Å². The maximum atomic E-state index is 13.1. The predicted molar refractivity (Wildman–Crippen MR) is 132 cm³/mol. The number of rotatable bonds is 9. The summed E-state index contributed by atoms with van der Waals surface area (Å²) in [6.45, 7) is 5.21. The van der Waals surface area contributed by atoms with Gasteiger partial charge in [-0.3, -0.25) is 4.79 Å². The fourth-order valence-electron chi connectivity index (χ4n) is 4.37. The molecule has 4 aromatic rings. The highest BCUT2D eigenvalue weighted by atomic mass is 16.1. The number of hydrogen-bond acceptors (Lipinski definition) is 2. The number of carbonyl (C=O) groups excluding carboxylic acids is 1. The second-order valence-electron chi connectivity index (χ2n) is 8.19. The molecule has 1 amide bonds. The zero-order valence-corrected chi connectivity index (χ0v) is 18.9. The van der Waals surface area contributed by atoms with Crippen LogP contribution in [0.2, 0.25) is 0 Å². The van der Waals surface area contributed by atoms with Crippen molar-refractivity contribution in [3.8, 4) is 0 Å². The van der Waals surface area contributed by atoms with Crippen LogP contribution in [0.1, 0.15) is 49.6 Å². The zero-order valence-electron chi connectivity index (χ0n) is 18.9. The molecule has 0 saturated heterocycles. The average molecular weight is 426 g/mol. The lowest BCUT2D eigenvalue weighted by Gasteiger charge is -2.17. The Bertz CT molecular complexity index is 1180. The fraction of sp³-hybridized carbons (Fsp3) is 0.286. The Kier molecular flexibility index (Phi) is 7.00. The Balaban J connectivity index is 1.53. The molecule has 1 heterocycles. The van der Waals surface area contributed by atoms with Gasteiger partial charge in [0.1, 0.15) is 5.82 Å². The van der Waals surface area contributed by atoms with Crippen molar-refractivity contribution in [1.29, 1.82) is 0 Å². The van der Waals surface area contributed by atoms with Crippen LogP contribution < -0.4 is 5.32 Å². The number of aromatic nitrogens is 2. The number of carbonyl (C=O) groups is 1. The number of benzene rings is 3. The van der Waals surface area contributed by atoms with Crippen molar-refractivity contribution in [2.45, 2.75) is 52.0 Å². The molecule has 0 saturated carbocycles. The number of imidazole rings is 1. The second-order valence-corrected chi connectivity index (χ2v) is 8.19. The molecule has 0 fully saturated rings. The third-order valence-corrected chi connectivity index (χ3v) is 6.00. The van der Waals surface area contributed by atoms with E-state index in [1.807, 2.05) is 54.6 Å². The Hall–Kier alpha value is -3.40. The van der Waals surface area contributed by atoms with Gasteiger partial charge in [-0.1, -0.05) is 74.5 Å². The number of amides is 1. The van der Waals surface area contributed by atoms with E-state index in [1.54, 1.807) is 0 Å². The van der Waals surface area contributed by atoms with Gasteiger partial charge in [-0.25, -0.2) is 4.98 Å². The Morgan fingerprint density at radius 1 is 0.906 bits per heavy atom. The van der Waals surface area contributed by atoms with Crippen LogP contribution in [0.25, 0.3) is 11.0 Å². The van der Waals surface area contributed by atoms with Crippen molar-refractivity contribution < 1.29 is 4.79 Å². The van der Waals surface area contributed by atoms with Crippen LogP contribution in [-0.4, -0.2) is 15.5 Å². The summed E-state index contributed by atoms with van der Waals surface area (Å²) in [5.41, 5.74) is 5.33. The van der Waals surface area contributed by atoms with E-state index in [-0.39, 0.29) is 11.8 Å². The summed E-state index contributed by atoms with van der Waals surface area (Å²) in [7, 11) is 0. The molecule has 3 aromatic carbocycles. The summed E-state index contributed by atoms with van der Waals surface area (Å²) in [6, 6.07) is 26.5. The minimum Gasteiger partial charge on any atom is -0.328 e. The van der Waals surface area contributed by atoms with E-state index in [2.05, 4.69) is 48.0 Å². The average Bonchev–Trinajstić information content (AvgIpc) is 3.17. The number of hydrogen-bond donors (Lipinski definition) is 1. The highest BCUT2D eigenvalue weighted by molar-refractivity contribution is 5.96. The quantitative estimate of drug-likeness (QED) is 0.339. The van der Waals surface area contributed by atoms with Gasteiger partial charge in [0.15, 0.2) is 0 Å². The maximum Gasteiger partial charge on any atom is 0.231 e. The highest BCUT2D eigenvalue weighted by Gasteiger charge is 2.19. The van der Waals surface area contributed by atoms with Crippen molar-refractivity contribution in [3.05, 3.63) is 95.8 Å². The Morgan fingerprint density at radius 3 is 2.41 bits per heavy atom. The maximum absolute atomic E-state index is 13.1. The van der Waals surface area contributed by atoms with Gasteiger partial charge in [0.2, 0.25) is 5.91 Å². The van der Waals surface area contributed by atoms with Crippen molar-refractivity contribution in [3.63, 3.8) is 0 Å². The second kappa shape index (κ2) is 10.3. The molecular formula is C28H31N3O. The number of fused-ring (bicyclic) bond motifs is 1. The molecule has 0 aliphatic heterocycles. The van der Waals surface area contributed by atoms with Gasteiger partial charge in [0.25, 0.3) is 0 Å². The molecule has 1 N–H and O–H groups in total. The standard InChI is InChI=1S/C28H31N3O/c1-3-20-31-26-17-11-10-16-25(26)29-27(31)19-18-22-14-8-9-15-24(22)30-28(32)23(4-2)21-12-6-5-7-13-21/h5-17,23H,3-4,18-20H2,1-2H3,(H,30,32)/t23-/m1/s1. The monoisotopic (exact) mass is 425 g/mol. The van der Waals surface area contributed by atoms with E-state index in [1.165, 1.54) is 5.52 Å². The van der Waals surface area contributed by atoms with Crippen LogP contribution >= 0.6 is 0 Å². The molecule has 0 unspecified atom stereocenters. The predicted octanol–water partition coefficient (Wildman–Crippen LogP) is 6.36. The highest BCUT2D eigenvalue weighted by Crippen LogP contribution is 2.25. The molecule has 1 aromatic heterocycles. The summed E-state index contributed by atoms with van der Waals surface area (Å²) < 4.78 is 2.33. The number of anilines is 1. The third kappa shape index (κ3) is 4.75. The molecule has 0 aliphatic rings. The van der Waals surface area contributed by atoms with Crippen LogP contribution in [-0.2, 0) is 24.2 Å². The fourth-order valence-corrected chi connectivity index (χ4v) is 4.37. The lowest BCUT2D eigenvalue weighted by atomic mass is 9.95. The molecule has 4 heteroatoms. The summed E-state index contributed by atoms with van der Waals surface area (Å²) in [6.07, 6.45) is 3.49. The zero-order chi connectivity index (χ0) is 22.3. The molecule has 164 valence electrons. The first-order chi connectivity index (χ1) is 15.7. The lowest BCUT2D eigenvalue weighted by molar-refractivity contribution is -0.117. The lowest BCUT2D eigenvalue weighted by Crippen LogP contribution is -2.21. The minimum atomic E-state index is -0.155. The topological polar surface area (TPSA) is 46.9 Å². The van der Waals surface area contributed by atoms with Crippen LogP contribution in [0, 0.1) is 0 Å². The van der Waals surface area contributed by atoms with Crippen LogP contribution in [0.3, 0.4) is 0 Å². The van der Waals surface area contributed by atoms with Gasteiger partial charge in [0.05, 0.1) is 17.0 Å².